The lowest BCUT2D eigenvalue weighted by Gasteiger charge is -2.33. The summed E-state index contributed by atoms with van der Waals surface area (Å²) in [6, 6.07) is 6.35. The molecule has 1 aromatic carbocycles. The summed E-state index contributed by atoms with van der Waals surface area (Å²) in [6.45, 7) is 4.20. The van der Waals surface area contributed by atoms with Crippen molar-refractivity contribution in [1.29, 1.82) is 0 Å². The van der Waals surface area contributed by atoms with Crippen molar-refractivity contribution in [3.63, 3.8) is 0 Å². The molecule has 134 valence electrons. The Morgan fingerprint density at radius 3 is 2.92 bits per heavy atom. The van der Waals surface area contributed by atoms with E-state index in [4.69, 9.17) is 11.6 Å². The summed E-state index contributed by atoms with van der Waals surface area (Å²) in [5, 5.41) is 7.75. The largest absolute Gasteiger partial charge is 0.347 e. The monoisotopic (exact) mass is 364 g/mol. The first-order chi connectivity index (χ1) is 11.9. The molecule has 0 bridgehead atoms. The van der Waals surface area contributed by atoms with Gasteiger partial charge in [-0.2, -0.15) is 5.10 Å². The summed E-state index contributed by atoms with van der Waals surface area (Å²) in [7, 11) is 1.77. The first-order valence-corrected chi connectivity index (χ1v) is 8.78. The van der Waals surface area contributed by atoms with E-state index in [-0.39, 0.29) is 17.8 Å². The van der Waals surface area contributed by atoms with E-state index in [2.05, 4.69) is 15.3 Å². The van der Waals surface area contributed by atoms with E-state index in [9.17, 15) is 9.18 Å². The molecular weight excluding hydrogens is 343 g/mol. The van der Waals surface area contributed by atoms with E-state index in [1.807, 2.05) is 6.92 Å². The Morgan fingerprint density at radius 1 is 1.44 bits per heavy atom. The fourth-order valence-corrected chi connectivity index (χ4v) is 3.52. The Hall–Kier alpha value is -1.92. The predicted octanol–water partition coefficient (Wildman–Crippen LogP) is 2.92. The molecule has 0 spiro atoms. The second-order valence-electron chi connectivity index (χ2n) is 6.58. The van der Waals surface area contributed by atoms with Crippen LogP contribution in [0.15, 0.2) is 24.3 Å². The molecule has 1 aliphatic heterocycles. The zero-order chi connectivity index (χ0) is 18.0. The molecule has 1 fully saturated rings. The number of aryl methyl sites for hydroxylation is 2. The van der Waals surface area contributed by atoms with Gasteiger partial charge < -0.3 is 5.32 Å². The first kappa shape index (κ1) is 17.9. The van der Waals surface area contributed by atoms with Crippen LogP contribution in [0.2, 0.25) is 5.02 Å². The fraction of sp³-hybridized carbons (Fsp3) is 0.444. The minimum absolute atomic E-state index is 0.0793. The van der Waals surface area contributed by atoms with Gasteiger partial charge in [0.25, 0.3) is 5.91 Å². The van der Waals surface area contributed by atoms with Crippen molar-refractivity contribution in [3.8, 4) is 0 Å². The van der Waals surface area contributed by atoms with Crippen molar-refractivity contribution in [3.05, 3.63) is 52.1 Å². The second kappa shape index (κ2) is 7.54. The Balaban J connectivity index is 1.61. The first-order valence-electron chi connectivity index (χ1n) is 8.40. The second-order valence-corrected chi connectivity index (χ2v) is 6.99. The van der Waals surface area contributed by atoms with Crippen LogP contribution < -0.4 is 5.32 Å². The Morgan fingerprint density at radius 2 is 2.24 bits per heavy atom. The topological polar surface area (TPSA) is 50.2 Å². The molecule has 2 heterocycles. The average molecular weight is 365 g/mol. The minimum Gasteiger partial charge on any atom is -0.347 e. The summed E-state index contributed by atoms with van der Waals surface area (Å²) >= 11 is 6.12. The Bertz CT molecular complexity index is 776. The molecule has 1 atom stereocenters. The molecule has 1 aromatic heterocycles. The smallest absolute Gasteiger partial charge is 0.269 e. The Kier molecular flexibility index (Phi) is 5.39. The van der Waals surface area contributed by atoms with Crippen LogP contribution in [0.5, 0.6) is 0 Å². The van der Waals surface area contributed by atoms with E-state index in [1.165, 1.54) is 12.1 Å². The number of nitrogens with zero attached hydrogens (tertiary/aromatic N) is 3. The molecule has 0 radical (unpaired) electrons. The molecule has 1 unspecified atom stereocenters. The van der Waals surface area contributed by atoms with E-state index in [0.717, 1.165) is 37.2 Å². The van der Waals surface area contributed by atoms with Crippen LogP contribution in [0, 0.1) is 12.7 Å². The lowest BCUT2D eigenvalue weighted by atomic mass is 10.0. The maximum atomic E-state index is 13.2. The molecule has 1 aliphatic rings. The van der Waals surface area contributed by atoms with Crippen LogP contribution in [0.4, 0.5) is 4.39 Å². The number of likely N-dealkylation sites (tertiary alicyclic amines) is 1. The quantitative estimate of drug-likeness (QED) is 0.907. The number of hydrogen-bond acceptors (Lipinski definition) is 3. The molecule has 3 rings (SSSR count). The summed E-state index contributed by atoms with van der Waals surface area (Å²) in [5.41, 5.74) is 2.29. The SMILES string of the molecule is Cc1cc(C(=O)NC2CCCN(Cc3ccc(F)cc3Cl)C2)n(C)n1. The van der Waals surface area contributed by atoms with Gasteiger partial charge in [0.05, 0.1) is 5.69 Å². The third kappa shape index (κ3) is 4.38. The summed E-state index contributed by atoms with van der Waals surface area (Å²) in [5.74, 6) is -0.432. The van der Waals surface area contributed by atoms with Crippen LogP contribution in [0.25, 0.3) is 0 Å². The zero-order valence-electron chi connectivity index (χ0n) is 14.4. The molecule has 5 nitrogen and oxygen atoms in total. The highest BCUT2D eigenvalue weighted by Crippen LogP contribution is 2.21. The number of benzene rings is 1. The normalized spacial score (nSPS) is 18.3. The minimum atomic E-state index is -0.330. The number of rotatable bonds is 4. The lowest BCUT2D eigenvalue weighted by Crippen LogP contribution is -2.47. The van der Waals surface area contributed by atoms with Crippen molar-refractivity contribution >= 4 is 17.5 Å². The van der Waals surface area contributed by atoms with Crippen molar-refractivity contribution in [2.75, 3.05) is 13.1 Å². The number of carbonyl (C=O) groups excluding carboxylic acids is 1. The van der Waals surface area contributed by atoms with Crippen molar-refractivity contribution in [1.82, 2.24) is 20.0 Å². The van der Waals surface area contributed by atoms with E-state index in [0.29, 0.717) is 17.3 Å². The summed E-state index contributed by atoms with van der Waals surface area (Å²) < 4.78 is 14.8. The maximum absolute atomic E-state index is 13.2. The van der Waals surface area contributed by atoms with Crippen LogP contribution in [-0.4, -0.2) is 39.7 Å². The maximum Gasteiger partial charge on any atom is 0.269 e. The number of hydrogen-bond donors (Lipinski definition) is 1. The van der Waals surface area contributed by atoms with Gasteiger partial charge in [0.1, 0.15) is 11.5 Å². The van der Waals surface area contributed by atoms with Crippen LogP contribution in [0.3, 0.4) is 0 Å². The fourth-order valence-electron chi connectivity index (χ4n) is 3.29. The van der Waals surface area contributed by atoms with Gasteiger partial charge in [0.2, 0.25) is 0 Å². The van der Waals surface area contributed by atoms with E-state index in [1.54, 1.807) is 23.9 Å². The van der Waals surface area contributed by atoms with Gasteiger partial charge >= 0.3 is 0 Å². The number of nitrogens with one attached hydrogen (secondary N) is 1. The lowest BCUT2D eigenvalue weighted by molar-refractivity contribution is 0.0891. The van der Waals surface area contributed by atoms with Crippen LogP contribution >= 0.6 is 11.6 Å². The molecule has 1 N–H and O–H groups in total. The molecule has 1 saturated heterocycles. The van der Waals surface area contributed by atoms with E-state index >= 15 is 0 Å². The highest BCUT2D eigenvalue weighted by atomic mass is 35.5. The highest BCUT2D eigenvalue weighted by Gasteiger charge is 2.23. The Labute approximate surface area is 151 Å². The number of aromatic nitrogens is 2. The summed E-state index contributed by atoms with van der Waals surface area (Å²) in [4.78, 5) is 14.7. The molecule has 1 amide bonds. The van der Waals surface area contributed by atoms with Gasteiger partial charge in [-0.3, -0.25) is 14.4 Å². The summed E-state index contributed by atoms with van der Waals surface area (Å²) in [6.07, 6.45) is 1.93. The molecule has 0 aliphatic carbocycles. The van der Waals surface area contributed by atoms with Gasteiger partial charge in [0.15, 0.2) is 0 Å². The number of carbonyl (C=O) groups is 1. The molecule has 2 aromatic rings. The van der Waals surface area contributed by atoms with Gasteiger partial charge in [-0.25, -0.2) is 4.39 Å². The molecule has 7 heteroatoms. The van der Waals surface area contributed by atoms with E-state index < -0.39 is 0 Å². The zero-order valence-corrected chi connectivity index (χ0v) is 15.2. The average Bonchev–Trinajstić information content (AvgIpc) is 2.89. The van der Waals surface area contributed by atoms with Gasteiger partial charge in [0, 0.05) is 31.2 Å². The number of piperidine rings is 1. The van der Waals surface area contributed by atoms with Crippen molar-refractivity contribution in [2.24, 2.45) is 7.05 Å². The van der Waals surface area contributed by atoms with Crippen molar-refractivity contribution < 1.29 is 9.18 Å². The van der Waals surface area contributed by atoms with Crippen LogP contribution in [0.1, 0.15) is 34.6 Å². The third-order valence-corrected chi connectivity index (χ3v) is 4.84. The number of amides is 1. The third-order valence-electron chi connectivity index (χ3n) is 4.48. The standard InChI is InChI=1S/C18H22ClFN4O/c1-12-8-17(23(2)22-12)18(25)21-15-4-3-7-24(11-15)10-13-5-6-14(20)9-16(13)19/h5-6,8-9,15H,3-4,7,10-11H2,1-2H3,(H,21,25). The van der Waals surface area contributed by atoms with Gasteiger partial charge in [-0.05, 0) is 50.1 Å². The van der Waals surface area contributed by atoms with Crippen LogP contribution in [-0.2, 0) is 13.6 Å². The molecule has 25 heavy (non-hydrogen) atoms. The molecular formula is C18H22ClFN4O. The number of halogens is 2. The van der Waals surface area contributed by atoms with Gasteiger partial charge in [-0.15, -0.1) is 0 Å². The molecule has 0 saturated carbocycles. The van der Waals surface area contributed by atoms with Crippen molar-refractivity contribution in [2.45, 2.75) is 32.4 Å². The highest BCUT2D eigenvalue weighted by molar-refractivity contribution is 6.31. The van der Waals surface area contributed by atoms with Gasteiger partial charge in [-0.1, -0.05) is 17.7 Å². The predicted molar refractivity (Wildman–Crippen MR) is 95.1 cm³/mol.